The van der Waals surface area contributed by atoms with Crippen molar-refractivity contribution >= 4 is 17.9 Å². The summed E-state index contributed by atoms with van der Waals surface area (Å²) in [5.41, 5.74) is 0. The van der Waals surface area contributed by atoms with E-state index in [0.29, 0.717) is 19.3 Å². The molecule has 0 fully saturated rings. The van der Waals surface area contributed by atoms with Crippen molar-refractivity contribution in [3.8, 4) is 0 Å². The van der Waals surface area contributed by atoms with E-state index < -0.39 is 6.10 Å². The van der Waals surface area contributed by atoms with Gasteiger partial charge in [-0.05, 0) is 89.9 Å². The van der Waals surface area contributed by atoms with Crippen molar-refractivity contribution in [2.75, 3.05) is 13.2 Å². The van der Waals surface area contributed by atoms with E-state index in [1.54, 1.807) is 0 Å². The summed E-state index contributed by atoms with van der Waals surface area (Å²) in [5, 5.41) is 0. The zero-order valence-electron chi connectivity index (χ0n) is 49.8. The molecule has 0 aromatic heterocycles. The van der Waals surface area contributed by atoms with Gasteiger partial charge >= 0.3 is 17.9 Å². The third kappa shape index (κ3) is 61.6. The monoisotopic (exact) mass is 1050 g/mol. The highest BCUT2D eigenvalue weighted by atomic mass is 16.6. The SMILES string of the molecule is CC/C=C\C/C=C\C/C=C\C/C=C\CCCCCCCCCCCCCCCCCCC(=O)OCC(COC(=O)CCCCCCCCCCCCCCC)OC(=O)CCCCCCC/C=C\C/C=C\CCCCC. The Labute approximate surface area is 465 Å². The van der Waals surface area contributed by atoms with E-state index in [0.717, 1.165) is 109 Å². The lowest BCUT2D eigenvalue weighted by atomic mass is 10.0. The fourth-order valence-corrected chi connectivity index (χ4v) is 9.35. The summed E-state index contributed by atoms with van der Waals surface area (Å²) in [6.45, 7) is 6.53. The van der Waals surface area contributed by atoms with Crippen LogP contribution in [0.4, 0.5) is 0 Å². The standard InChI is InChI=1S/C69H122O6/c1-4-7-10-13-16-19-22-25-27-28-29-30-31-32-33-34-35-36-37-38-39-40-42-44-47-50-53-56-59-62-68(71)74-65-66(64-73-67(70)61-58-55-52-49-46-43-24-21-18-15-12-9-6-3)75-69(72)63-60-57-54-51-48-45-41-26-23-20-17-14-11-8-5-2/h7,10,16-17,19-20,25-27,29-30,41,66H,4-6,8-9,11-15,18,21-24,28,31-40,42-65H2,1-3H3/b10-7-,19-16-,20-17-,27-25-,30-29-,41-26-. The van der Waals surface area contributed by atoms with Gasteiger partial charge in [-0.2, -0.15) is 0 Å². The maximum absolute atomic E-state index is 12.9. The van der Waals surface area contributed by atoms with Gasteiger partial charge in [0, 0.05) is 19.3 Å². The van der Waals surface area contributed by atoms with E-state index in [2.05, 4.69) is 93.7 Å². The molecule has 0 aliphatic heterocycles. The number of rotatable bonds is 59. The van der Waals surface area contributed by atoms with Gasteiger partial charge in [-0.3, -0.25) is 14.4 Å². The average Bonchev–Trinajstić information content (AvgIpc) is 3.41. The largest absolute Gasteiger partial charge is 0.462 e. The molecule has 0 radical (unpaired) electrons. The van der Waals surface area contributed by atoms with E-state index in [9.17, 15) is 14.4 Å². The Kier molecular flexibility index (Phi) is 60.7. The highest BCUT2D eigenvalue weighted by molar-refractivity contribution is 5.71. The molecule has 0 heterocycles. The Bertz CT molecular complexity index is 1390. The summed E-state index contributed by atoms with van der Waals surface area (Å²) in [6.07, 6.45) is 82.0. The number of hydrogen-bond donors (Lipinski definition) is 0. The lowest BCUT2D eigenvalue weighted by Gasteiger charge is -2.18. The molecule has 0 aliphatic rings. The van der Waals surface area contributed by atoms with Crippen molar-refractivity contribution < 1.29 is 28.6 Å². The highest BCUT2D eigenvalue weighted by Crippen LogP contribution is 2.17. The van der Waals surface area contributed by atoms with Crippen LogP contribution in [0.25, 0.3) is 0 Å². The number of ether oxygens (including phenoxy) is 3. The van der Waals surface area contributed by atoms with Crippen molar-refractivity contribution in [2.24, 2.45) is 0 Å². The Balaban J connectivity index is 4.20. The van der Waals surface area contributed by atoms with Crippen LogP contribution in [-0.2, 0) is 28.6 Å². The molecule has 0 aromatic carbocycles. The fourth-order valence-electron chi connectivity index (χ4n) is 9.35. The molecule has 434 valence electrons. The zero-order valence-corrected chi connectivity index (χ0v) is 49.8. The fraction of sp³-hybridized carbons (Fsp3) is 0.783. The minimum Gasteiger partial charge on any atom is -0.462 e. The van der Waals surface area contributed by atoms with Crippen molar-refractivity contribution in [3.05, 3.63) is 72.9 Å². The predicted octanol–water partition coefficient (Wildman–Crippen LogP) is 22.1. The first kappa shape index (κ1) is 71.8. The maximum Gasteiger partial charge on any atom is 0.306 e. The quantitative estimate of drug-likeness (QED) is 0.0261. The summed E-state index contributed by atoms with van der Waals surface area (Å²) in [5.74, 6) is -0.874. The number of allylic oxidation sites excluding steroid dienone is 12. The molecule has 75 heavy (non-hydrogen) atoms. The van der Waals surface area contributed by atoms with Crippen LogP contribution in [0.5, 0.6) is 0 Å². The van der Waals surface area contributed by atoms with Gasteiger partial charge in [-0.25, -0.2) is 0 Å². The smallest absolute Gasteiger partial charge is 0.306 e. The van der Waals surface area contributed by atoms with Crippen LogP contribution in [0, 0.1) is 0 Å². The van der Waals surface area contributed by atoms with E-state index in [4.69, 9.17) is 14.2 Å². The van der Waals surface area contributed by atoms with Crippen molar-refractivity contribution in [1.82, 2.24) is 0 Å². The van der Waals surface area contributed by atoms with Gasteiger partial charge in [0.2, 0.25) is 0 Å². The van der Waals surface area contributed by atoms with Crippen LogP contribution in [0.1, 0.15) is 329 Å². The minimum absolute atomic E-state index is 0.0763. The summed E-state index contributed by atoms with van der Waals surface area (Å²) in [4.78, 5) is 38.3. The van der Waals surface area contributed by atoms with Crippen LogP contribution >= 0.6 is 0 Å². The summed E-state index contributed by atoms with van der Waals surface area (Å²) in [7, 11) is 0. The van der Waals surface area contributed by atoms with Gasteiger partial charge < -0.3 is 14.2 Å². The normalized spacial score (nSPS) is 12.5. The maximum atomic E-state index is 12.9. The molecule has 0 aliphatic carbocycles. The first-order chi connectivity index (χ1) is 37.0. The van der Waals surface area contributed by atoms with Gasteiger partial charge in [-0.15, -0.1) is 0 Å². The molecular formula is C69H122O6. The Morgan fingerprint density at radius 1 is 0.280 bits per heavy atom. The Morgan fingerprint density at radius 3 is 0.840 bits per heavy atom. The van der Waals surface area contributed by atoms with E-state index in [1.165, 1.54) is 180 Å². The molecule has 0 amide bonds. The number of unbranched alkanes of at least 4 members (excludes halogenated alkanes) is 36. The van der Waals surface area contributed by atoms with Gasteiger partial charge in [-0.1, -0.05) is 293 Å². The van der Waals surface area contributed by atoms with Crippen molar-refractivity contribution in [2.45, 2.75) is 335 Å². The molecule has 0 bridgehead atoms. The van der Waals surface area contributed by atoms with Crippen LogP contribution in [0.15, 0.2) is 72.9 Å². The Hall–Kier alpha value is -3.15. The third-order valence-electron chi connectivity index (χ3n) is 14.2. The topological polar surface area (TPSA) is 78.9 Å². The van der Waals surface area contributed by atoms with E-state index in [1.807, 2.05) is 0 Å². The van der Waals surface area contributed by atoms with Gasteiger partial charge in [0.1, 0.15) is 13.2 Å². The second-order valence-corrected chi connectivity index (χ2v) is 21.6. The molecule has 1 atom stereocenters. The molecule has 0 saturated heterocycles. The zero-order chi connectivity index (χ0) is 54.3. The van der Waals surface area contributed by atoms with Crippen LogP contribution in [0.2, 0.25) is 0 Å². The molecule has 1 unspecified atom stereocenters. The Morgan fingerprint density at radius 2 is 0.520 bits per heavy atom. The minimum atomic E-state index is -0.780. The number of esters is 3. The summed E-state index contributed by atoms with van der Waals surface area (Å²) in [6, 6.07) is 0. The van der Waals surface area contributed by atoms with Crippen LogP contribution in [-0.4, -0.2) is 37.2 Å². The molecule has 0 spiro atoms. The molecule has 0 N–H and O–H groups in total. The van der Waals surface area contributed by atoms with Gasteiger partial charge in [0.25, 0.3) is 0 Å². The molecule has 0 aromatic rings. The number of hydrogen-bond acceptors (Lipinski definition) is 6. The molecule has 6 heteroatoms. The van der Waals surface area contributed by atoms with E-state index in [-0.39, 0.29) is 31.1 Å². The second-order valence-electron chi connectivity index (χ2n) is 21.6. The second kappa shape index (κ2) is 63.4. The van der Waals surface area contributed by atoms with E-state index >= 15 is 0 Å². The van der Waals surface area contributed by atoms with Crippen LogP contribution in [0.3, 0.4) is 0 Å². The lowest BCUT2D eigenvalue weighted by Crippen LogP contribution is -2.30. The third-order valence-corrected chi connectivity index (χ3v) is 14.2. The summed E-state index contributed by atoms with van der Waals surface area (Å²) < 4.78 is 16.9. The van der Waals surface area contributed by atoms with Crippen molar-refractivity contribution in [1.29, 1.82) is 0 Å². The first-order valence-corrected chi connectivity index (χ1v) is 32.4. The predicted molar refractivity (Wildman–Crippen MR) is 325 cm³/mol. The first-order valence-electron chi connectivity index (χ1n) is 32.4. The molecule has 6 nitrogen and oxygen atoms in total. The van der Waals surface area contributed by atoms with Gasteiger partial charge in [0.05, 0.1) is 0 Å². The molecular weight excluding hydrogens is 925 g/mol. The molecule has 0 rings (SSSR count). The molecule has 0 saturated carbocycles. The number of carbonyl (C=O) groups excluding carboxylic acids is 3. The van der Waals surface area contributed by atoms with Gasteiger partial charge in [0.15, 0.2) is 6.10 Å². The average molecular weight is 1050 g/mol. The number of carbonyl (C=O) groups is 3. The lowest BCUT2D eigenvalue weighted by molar-refractivity contribution is -0.167. The van der Waals surface area contributed by atoms with Crippen LogP contribution < -0.4 is 0 Å². The van der Waals surface area contributed by atoms with Crippen molar-refractivity contribution in [3.63, 3.8) is 0 Å². The summed E-state index contributed by atoms with van der Waals surface area (Å²) >= 11 is 0. The highest BCUT2D eigenvalue weighted by Gasteiger charge is 2.19.